The van der Waals surface area contributed by atoms with Crippen molar-refractivity contribution < 1.29 is 4.74 Å². The Kier molecular flexibility index (Phi) is 5.17. The molecule has 0 saturated carbocycles. The van der Waals surface area contributed by atoms with Gasteiger partial charge in [-0.2, -0.15) is 0 Å². The summed E-state index contributed by atoms with van der Waals surface area (Å²) in [4.78, 5) is 2.22. The molecule has 3 nitrogen and oxygen atoms in total. The van der Waals surface area contributed by atoms with Crippen LogP contribution in [0.25, 0.3) is 0 Å². The number of ether oxygens (including phenoxy) is 1. The van der Waals surface area contributed by atoms with Gasteiger partial charge in [-0.15, -0.1) is 0 Å². The summed E-state index contributed by atoms with van der Waals surface area (Å²) in [7, 11) is 5.86. The molecule has 3 heteroatoms. The summed E-state index contributed by atoms with van der Waals surface area (Å²) in [6.45, 7) is 4.34. The molecular formula is C15H26N2O. The first kappa shape index (κ1) is 15.0. The van der Waals surface area contributed by atoms with Crippen LogP contribution in [0.5, 0.6) is 5.75 Å². The predicted molar refractivity (Wildman–Crippen MR) is 76.9 cm³/mol. The van der Waals surface area contributed by atoms with Gasteiger partial charge in [0.1, 0.15) is 5.75 Å². The number of methoxy groups -OCH3 is 1. The van der Waals surface area contributed by atoms with E-state index < -0.39 is 0 Å². The maximum Gasteiger partial charge on any atom is 0.118 e. The van der Waals surface area contributed by atoms with Crippen LogP contribution < -0.4 is 10.5 Å². The Bertz CT molecular complexity index is 361. The molecule has 0 amide bonds. The van der Waals surface area contributed by atoms with Crippen molar-refractivity contribution in [2.75, 3.05) is 21.2 Å². The first-order valence-corrected chi connectivity index (χ1v) is 6.59. The summed E-state index contributed by atoms with van der Waals surface area (Å²) in [6, 6.07) is 8.45. The molecule has 2 unspecified atom stereocenters. The molecule has 0 aliphatic heterocycles. The molecule has 0 aromatic heterocycles. The Labute approximate surface area is 111 Å². The van der Waals surface area contributed by atoms with E-state index in [0.29, 0.717) is 6.04 Å². The lowest BCUT2D eigenvalue weighted by molar-refractivity contribution is 0.165. The fraction of sp³-hybridized carbons (Fsp3) is 0.600. The van der Waals surface area contributed by atoms with E-state index in [1.54, 1.807) is 7.11 Å². The van der Waals surface area contributed by atoms with Crippen LogP contribution in [0.1, 0.15) is 32.3 Å². The highest BCUT2D eigenvalue weighted by Gasteiger charge is 2.35. The predicted octanol–water partition coefficient (Wildman–Crippen LogP) is 2.60. The zero-order chi connectivity index (χ0) is 13.8. The van der Waals surface area contributed by atoms with E-state index in [-0.39, 0.29) is 5.54 Å². The van der Waals surface area contributed by atoms with Gasteiger partial charge in [0.2, 0.25) is 0 Å². The summed E-state index contributed by atoms with van der Waals surface area (Å²) in [5.41, 5.74) is 7.54. The van der Waals surface area contributed by atoms with Crippen molar-refractivity contribution in [1.29, 1.82) is 0 Å². The van der Waals surface area contributed by atoms with Crippen molar-refractivity contribution in [3.05, 3.63) is 29.8 Å². The van der Waals surface area contributed by atoms with Crippen molar-refractivity contribution >= 4 is 0 Å². The largest absolute Gasteiger partial charge is 0.497 e. The lowest BCUT2D eigenvalue weighted by Gasteiger charge is -2.41. The lowest BCUT2D eigenvalue weighted by Crippen LogP contribution is -2.53. The number of nitrogens with zero attached hydrogens (tertiary/aromatic N) is 1. The van der Waals surface area contributed by atoms with Gasteiger partial charge in [0.15, 0.2) is 0 Å². The van der Waals surface area contributed by atoms with Gasteiger partial charge in [-0.05, 0) is 44.6 Å². The molecule has 0 aliphatic carbocycles. The van der Waals surface area contributed by atoms with Crippen molar-refractivity contribution in [2.24, 2.45) is 5.73 Å². The highest BCUT2D eigenvalue weighted by Crippen LogP contribution is 2.31. The van der Waals surface area contributed by atoms with Crippen LogP contribution in [-0.2, 0) is 5.54 Å². The van der Waals surface area contributed by atoms with Crippen LogP contribution in [-0.4, -0.2) is 32.1 Å². The summed E-state index contributed by atoms with van der Waals surface area (Å²) in [5, 5.41) is 0. The SMILES string of the molecule is CCC(N(C)C)C(N)(CC)c1ccc(OC)cc1. The van der Waals surface area contributed by atoms with Gasteiger partial charge in [-0.1, -0.05) is 26.0 Å². The highest BCUT2D eigenvalue weighted by atomic mass is 16.5. The molecular weight excluding hydrogens is 224 g/mol. The Morgan fingerprint density at radius 2 is 1.78 bits per heavy atom. The molecule has 0 fully saturated rings. The summed E-state index contributed by atoms with van der Waals surface area (Å²) >= 11 is 0. The molecule has 2 atom stereocenters. The molecule has 102 valence electrons. The van der Waals surface area contributed by atoms with Crippen LogP contribution in [0.2, 0.25) is 0 Å². The molecule has 0 spiro atoms. The summed E-state index contributed by atoms with van der Waals surface area (Å²) in [6.07, 6.45) is 1.94. The van der Waals surface area contributed by atoms with E-state index in [1.165, 1.54) is 5.56 Å². The molecule has 1 aromatic carbocycles. The monoisotopic (exact) mass is 250 g/mol. The van der Waals surface area contributed by atoms with Crippen molar-refractivity contribution in [3.63, 3.8) is 0 Å². The Hall–Kier alpha value is -1.06. The van der Waals surface area contributed by atoms with Gasteiger partial charge < -0.3 is 15.4 Å². The molecule has 18 heavy (non-hydrogen) atoms. The van der Waals surface area contributed by atoms with Gasteiger partial charge in [0, 0.05) is 6.04 Å². The van der Waals surface area contributed by atoms with E-state index in [9.17, 15) is 0 Å². The normalized spacial score (nSPS) is 16.4. The van der Waals surface area contributed by atoms with E-state index in [0.717, 1.165) is 18.6 Å². The second kappa shape index (κ2) is 6.21. The average molecular weight is 250 g/mol. The minimum absolute atomic E-state index is 0.315. The zero-order valence-corrected chi connectivity index (χ0v) is 12.2. The molecule has 0 saturated heterocycles. The molecule has 0 aliphatic rings. The van der Waals surface area contributed by atoms with E-state index >= 15 is 0 Å². The fourth-order valence-corrected chi connectivity index (χ4v) is 2.72. The number of nitrogens with two attached hydrogens (primary N) is 1. The Balaban J connectivity index is 3.12. The Morgan fingerprint density at radius 1 is 1.22 bits per heavy atom. The second-order valence-corrected chi connectivity index (χ2v) is 5.01. The van der Waals surface area contributed by atoms with Crippen LogP contribution in [0.4, 0.5) is 0 Å². The lowest BCUT2D eigenvalue weighted by atomic mass is 9.79. The third kappa shape index (κ3) is 2.85. The smallest absolute Gasteiger partial charge is 0.118 e. The van der Waals surface area contributed by atoms with Gasteiger partial charge in [-0.25, -0.2) is 0 Å². The molecule has 0 bridgehead atoms. The number of hydrogen-bond donors (Lipinski definition) is 1. The Morgan fingerprint density at radius 3 is 2.11 bits per heavy atom. The maximum atomic E-state index is 6.68. The number of rotatable bonds is 6. The summed E-state index contributed by atoms with van der Waals surface area (Å²) in [5.74, 6) is 0.870. The quantitative estimate of drug-likeness (QED) is 0.843. The minimum atomic E-state index is -0.315. The van der Waals surface area contributed by atoms with E-state index in [4.69, 9.17) is 10.5 Å². The molecule has 0 heterocycles. The van der Waals surface area contributed by atoms with Crippen molar-refractivity contribution in [3.8, 4) is 5.75 Å². The number of benzene rings is 1. The van der Waals surface area contributed by atoms with E-state index in [1.807, 2.05) is 12.1 Å². The van der Waals surface area contributed by atoms with Gasteiger partial charge in [0.25, 0.3) is 0 Å². The fourth-order valence-electron chi connectivity index (χ4n) is 2.72. The summed E-state index contributed by atoms with van der Waals surface area (Å²) < 4.78 is 5.20. The van der Waals surface area contributed by atoms with E-state index in [2.05, 4.69) is 45.0 Å². The van der Waals surface area contributed by atoms with Crippen LogP contribution >= 0.6 is 0 Å². The topological polar surface area (TPSA) is 38.5 Å². The van der Waals surface area contributed by atoms with Crippen molar-refractivity contribution in [2.45, 2.75) is 38.3 Å². The molecule has 1 rings (SSSR count). The number of likely N-dealkylation sites (N-methyl/N-ethyl adjacent to an activating group) is 1. The first-order valence-electron chi connectivity index (χ1n) is 6.59. The molecule has 1 aromatic rings. The highest BCUT2D eigenvalue weighted by molar-refractivity contribution is 5.33. The van der Waals surface area contributed by atoms with Gasteiger partial charge >= 0.3 is 0 Å². The van der Waals surface area contributed by atoms with Crippen LogP contribution in [0, 0.1) is 0 Å². The zero-order valence-electron chi connectivity index (χ0n) is 12.2. The first-order chi connectivity index (χ1) is 8.49. The molecule has 0 radical (unpaired) electrons. The third-order valence-electron chi connectivity index (χ3n) is 3.82. The second-order valence-electron chi connectivity index (χ2n) is 5.01. The van der Waals surface area contributed by atoms with Crippen LogP contribution in [0.15, 0.2) is 24.3 Å². The third-order valence-corrected chi connectivity index (χ3v) is 3.82. The average Bonchev–Trinajstić information content (AvgIpc) is 2.38. The standard InChI is InChI=1S/C15H26N2O/c1-6-14(17(3)4)15(16,7-2)12-8-10-13(18-5)11-9-12/h8-11,14H,6-7,16H2,1-5H3. The van der Waals surface area contributed by atoms with Gasteiger partial charge in [0.05, 0.1) is 12.6 Å². The van der Waals surface area contributed by atoms with Crippen LogP contribution in [0.3, 0.4) is 0 Å². The van der Waals surface area contributed by atoms with Crippen molar-refractivity contribution in [1.82, 2.24) is 4.90 Å². The molecule has 2 N–H and O–H groups in total. The number of hydrogen-bond acceptors (Lipinski definition) is 3. The maximum absolute atomic E-state index is 6.68. The minimum Gasteiger partial charge on any atom is -0.497 e. The van der Waals surface area contributed by atoms with Gasteiger partial charge in [-0.3, -0.25) is 0 Å².